The summed E-state index contributed by atoms with van der Waals surface area (Å²) in [6.45, 7) is 9.04. The van der Waals surface area contributed by atoms with Crippen molar-refractivity contribution in [3.8, 4) is 0 Å². The Labute approximate surface area is 104 Å². The highest BCUT2D eigenvalue weighted by Crippen LogP contribution is 2.44. The van der Waals surface area contributed by atoms with Crippen LogP contribution in [0.15, 0.2) is 12.5 Å². The molecular formula is C14H25N3. The summed E-state index contributed by atoms with van der Waals surface area (Å²) in [6.07, 6.45) is 7.69. The first-order valence-corrected chi connectivity index (χ1v) is 6.68. The summed E-state index contributed by atoms with van der Waals surface area (Å²) >= 11 is 0. The number of nitrogens with zero attached hydrogens (tertiary/aromatic N) is 2. The second-order valence-electron chi connectivity index (χ2n) is 6.56. The van der Waals surface area contributed by atoms with Crippen LogP contribution < -0.4 is 5.73 Å². The van der Waals surface area contributed by atoms with E-state index in [0.717, 1.165) is 0 Å². The van der Waals surface area contributed by atoms with Crippen molar-refractivity contribution in [2.24, 2.45) is 17.1 Å². The summed E-state index contributed by atoms with van der Waals surface area (Å²) in [7, 11) is 0. The van der Waals surface area contributed by atoms with Crippen LogP contribution in [0.1, 0.15) is 64.7 Å². The predicted octanol–water partition coefficient (Wildman–Crippen LogP) is 3.29. The third kappa shape index (κ3) is 2.54. The van der Waals surface area contributed by atoms with Gasteiger partial charge in [0, 0.05) is 18.3 Å². The zero-order valence-electron chi connectivity index (χ0n) is 11.5. The molecule has 17 heavy (non-hydrogen) atoms. The number of imidazole rings is 1. The van der Waals surface area contributed by atoms with E-state index in [1.165, 1.54) is 25.0 Å². The molecule has 2 rings (SSSR count). The first-order valence-electron chi connectivity index (χ1n) is 6.68. The smallest absolute Gasteiger partial charge is 0.0951 e. The quantitative estimate of drug-likeness (QED) is 0.873. The van der Waals surface area contributed by atoms with Gasteiger partial charge in [0.1, 0.15) is 0 Å². The van der Waals surface area contributed by atoms with E-state index >= 15 is 0 Å². The van der Waals surface area contributed by atoms with Crippen molar-refractivity contribution in [2.45, 2.75) is 59.0 Å². The van der Waals surface area contributed by atoms with Gasteiger partial charge in [0.15, 0.2) is 0 Å². The molecule has 0 radical (unpaired) electrons. The van der Waals surface area contributed by atoms with Crippen LogP contribution in [-0.2, 0) is 0 Å². The topological polar surface area (TPSA) is 43.8 Å². The Kier molecular flexibility index (Phi) is 3.30. The van der Waals surface area contributed by atoms with Gasteiger partial charge in [-0.05, 0) is 30.6 Å². The molecule has 2 atom stereocenters. The molecule has 0 aliphatic heterocycles. The van der Waals surface area contributed by atoms with Crippen molar-refractivity contribution in [3.05, 3.63) is 18.2 Å². The normalized spacial score (nSPS) is 25.4. The average molecular weight is 235 g/mol. The third-order valence-electron chi connectivity index (χ3n) is 4.09. The van der Waals surface area contributed by atoms with Crippen molar-refractivity contribution in [1.29, 1.82) is 0 Å². The molecule has 0 aromatic carbocycles. The maximum Gasteiger partial charge on any atom is 0.0951 e. The Morgan fingerprint density at radius 2 is 2.18 bits per heavy atom. The van der Waals surface area contributed by atoms with E-state index in [0.29, 0.717) is 17.4 Å². The van der Waals surface area contributed by atoms with Gasteiger partial charge in [-0.25, -0.2) is 4.98 Å². The molecule has 2 unspecified atom stereocenters. The second kappa shape index (κ2) is 4.45. The monoisotopic (exact) mass is 235 g/mol. The Hall–Kier alpha value is -0.830. The van der Waals surface area contributed by atoms with Gasteiger partial charge in [-0.1, -0.05) is 27.7 Å². The first kappa shape index (κ1) is 12.6. The summed E-state index contributed by atoms with van der Waals surface area (Å²) in [5.74, 6) is 0.458. The molecule has 3 nitrogen and oxygen atoms in total. The van der Waals surface area contributed by atoms with Crippen molar-refractivity contribution in [3.63, 3.8) is 0 Å². The highest BCUT2D eigenvalue weighted by atomic mass is 15.1. The summed E-state index contributed by atoms with van der Waals surface area (Å²) in [5, 5.41) is 0. The molecule has 1 aromatic heterocycles. The largest absolute Gasteiger partial charge is 0.330 e. The summed E-state index contributed by atoms with van der Waals surface area (Å²) < 4.78 is 2.32. The molecule has 1 heterocycles. The number of aromatic nitrogens is 2. The number of rotatable bonds is 3. The van der Waals surface area contributed by atoms with Gasteiger partial charge in [0.25, 0.3) is 0 Å². The molecule has 1 aliphatic carbocycles. The van der Waals surface area contributed by atoms with Crippen molar-refractivity contribution in [2.75, 3.05) is 0 Å². The zero-order valence-corrected chi connectivity index (χ0v) is 11.5. The highest BCUT2D eigenvalue weighted by molar-refractivity contribution is 5.08. The van der Waals surface area contributed by atoms with Gasteiger partial charge < -0.3 is 10.3 Å². The first-order chi connectivity index (χ1) is 7.91. The lowest BCUT2D eigenvalue weighted by atomic mass is 9.91. The van der Waals surface area contributed by atoms with E-state index in [2.05, 4.69) is 37.2 Å². The molecule has 1 fully saturated rings. The molecule has 2 N–H and O–H groups in total. The SMILES string of the molecule is CC(C)C(N)c1cncn1C1CCC(C)(C)C1. The van der Waals surface area contributed by atoms with Crippen LogP contribution in [0.25, 0.3) is 0 Å². The summed E-state index contributed by atoms with van der Waals surface area (Å²) in [4.78, 5) is 4.30. The zero-order chi connectivity index (χ0) is 12.6. The van der Waals surface area contributed by atoms with E-state index in [-0.39, 0.29) is 6.04 Å². The number of hydrogen-bond donors (Lipinski definition) is 1. The molecule has 0 amide bonds. The maximum atomic E-state index is 6.26. The minimum Gasteiger partial charge on any atom is -0.330 e. The molecule has 0 bridgehead atoms. The molecule has 1 saturated carbocycles. The van der Waals surface area contributed by atoms with Crippen LogP contribution in [0, 0.1) is 11.3 Å². The van der Waals surface area contributed by atoms with Gasteiger partial charge in [-0.3, -0.25) is 0 Å². The standard InChI is InChI=1S/C14H25N3/c1-10(2)13(15)12-8-16-9-17(12)11-5-6-14(3,4)7-11/h8-11,13H,5-7,15H2,1-4H3. The Morgan fingerprint density at radius 1 is 1.47 bits per heavy atom. The van der Waals surface area contributed by atoms with Gasteiger partial charge in [-0.15, -0.1) is 0 Å². The molecule has 0 spiro atoms. The highest BCUT2D eigenvalue weighted by Gasteiger charge is 2.33. The fourth-order valence-electron chi connectivity index (χ4n) is 2.86. The van der Waals surface area contributed by atoms with E-state index in [1.54, 1.807) is 0 Å². The molecule has 3 heteroatoms. The molecule has 1 aromatic rings. The van der Waals surface area contributed by atoms with Crippen molar-refractivity contribution < 1.29 is 0 Å². The van der Waals surface area contributed by atoms with Crippen LogP contribution >= 0.6 is 0 Å². The van der Waals surface area contributed by atoms with Crippen LogP contribution in [0.3, 0.4) is 0 Å². The van der Waals surface area contributed by atoms with Crippen LogP contribution in [-0.4, -0.2) is 9.55 Å². The lowest BCUT2D eigenvalue weighted by Gasteiger charge is -2.23. The fraction of sp³-hybridized carbons (Fsp3) is 0.786. The maximum absolute atomic E-state index is 6.26. The molecule has 0 saturated heterocycles. The van der Waals surface area contributed by atoms with Crippen molar-refractivity contribution in [1.82, 2.24) is 9.55 Å². The van der Waals surface area contributed by atoms with E-state index in [9.17, 15) is 0 Å². The minimum absolute atomic E-state index is 0.0983. The van der Waals surface area contributed by atoms with Gasteiger partial charge in [0.2, 0.25) is 0 Å². The van der Waals surface area contributed by atoms with Gasteiger partial charge in [-0.2, -0.15) is 0 Å². The van der Waals surface area contributed by atoms with Crippen LogP contribution in [0.5, 0.6) is 0 Å². The lowest BCUT2D eigenvalue weighted by molar-refractivity contribution is 0.351. The van der Waals surface area contributed by atoms with E-state index in [1.807, 2.05) is 12.5 Å². The summed E-state index contributed by atoms with van der Waals surface area (Å²) in [6, 6.07) is 0.688. The molecule has 96 valence electrons. The number of hydrogen-bond acceptors (Lipinski definition) is 2. The average Bonchev–Trinajstić information content (AvgIpc) is 2.82. The number of nitrogens with two attached hydrogens (primary N) is 1. The Morgan fingerprint density at radius 3 is 2.71 bits per heavy atom. The van der Waals surface area contributed by atoms with E-state index in [4.69, 9.17) is 5.73 Å². The lowest BCUT2D eigenvalue weighted by Crippen LogP contribution is -2.22. The van der Waals surface area contributed by atoms with Gasteiger partial charge >= 0.3 is 0 Å². The Balaban J connectivity index is 2.20. The van der Waals surface area contributed by atoms with Crippen LogP contribution in [0.2, 0.25) is 0 Å². The second-order valence-corrected chi connectivity index (χ2v) is 6.56. The summed E-state index contributed by atoms with van der Waals surface area (Å²) in [5.41, 5.74) is 7.92. The van der Waals surface area contributed by atoms with Crippen LogP contribution in [0.4, 0.5) is 0 Å². The molecular weight excluding hydrogens is 210 g/mol. The van der Waals surface area contributed by atoms with E-state index < -0.39 is 0 Å². The molecule has 1 aliphatic rings. The Bertz CT molecular complexity index is 379. The van der Waals surface area contributed by atoms with Gasteiger partial charge in [0.05, 0.1) is 12.0 Å². The predicted molar refractivity (Wildman–Crippen MR) is 70.7 cm³/mol. The van der Waals surface area contributed by atoms with Crippen molar-refractivity contribution >= 4 is 0 Å². The third-order valence-corrected chi connectivity index (χ3v) is 4.09. The fourth-order valence-corrected chi connectivity index (χ4v) is 2.86. The minimum atomic E-state index is 0.0983.